The number of nitrogens with one attached hydrogen (secondary N) is 2. The maximum Gasteiger partial charge on any atom is 0.232 e. The predicted octanol–water partition coefficient (Wildman–Crippen LogP) is 1.97. The second-order valence-corrected chi connectivity index (χ2v) is 6.90. The summed E-state index contributed by atoms with van der Waals surface area (Å²) < 4.78 is 31.7. The van der Waals surface area contributed by atoms with Gasteiger partial charge in [-0.2, -0.15) is 0 Å². The van der Waals surface area contributed by atoms with Crippen LogP contribution in [0.1, 0.15) is 25.7 Å². The van der Waals surface area contributed by atoms with Crippen LogP contribution >= 0.6 is 0 Å². The van der Waals surface area contributed by atoms with Crippen molar-refractivity contribution in [3.8, 4) is 5.75 Å². The summed E-state index contributed by atoms with van der Waals surface area (Å²) in [6, 6.07) is 7.70. The average Bonchev–Trinajstić information content (AvgIpc) is 3.22. The number of rotatable bonds is 9. The average molecular weight is 298 g/mol. The summed E-state index contributed by atoms with van der Waals surface area (Å²) in [5.41, 5.74) is 0.492. The minimum absolute atomic E-state index is 0.136. The van der Waals surface area contributed by atoms with Crippen molar-refractivity contribution in [3.63, 3.8) is 0 Å². The highest BCUT2D eigenvalue weighted by atomic mass is 32.2. The quantitative estimate of drug-likeness (QED) is 0.684. The van der Waals surface area contributed by atoms with E-state index in [0.717, 1.165) is 13.0 Å². The first-order valence-electron chi connectivity index (χ1n) is 6.97. The molecule has 6 heteroatoms. The summed E-state index contributed by atoms with van der Waals surface area (Å²) >= 11 is 0. The molecule has 1 aliphatic rings. The Hall–Kier alpha value is -1.27. The lowest BCUT2D eigenvalue weighted by Crippen LogP contribution is -2.20. The standard InChI is InChI=1S/C14H22N2O3S/c1-19-14-7-3-2-6-13(14)16-20(17,18)11-5-4-10-15-12-8-9-12/h2-3,6-7,12,15-16H,4-5,8-11H2,1H3. The van der Waals surface area contributed by atoms with Crippen LogP contribution in [0.25, 0.3) is 0 Å². The monoisotopic (exact) mass is 298 g/mol. The van der Waals surface area contributed by atoms with Crippen LogP contribution < -0.4 is 14.8 Å². The van der Waals surface area contributed by atoms with Gasteiger partial charge in [0, 0.05) is 6.04 Å². The molecule has 20 heavy (non-hydrogen) atoms. The van der Waals surface area contributed by atoms with E-state index in [4.69, 9.17) is 4.74 Å². The molecule has 0 saturated heterocycles. The van der Waals surface area contributed by atoms with Gasteiger partial charge in [-0.1, -0.05) is 12.1 Å². The van der Waals surface area contributed by atoms with Crippen LogP contribution in [0.15, 0.2) is 24.3 Å². The van der Waals surface area contributed by atoms with Gasteiger partial charge >= 0.3 is 0 Å². The third kappa shape index (κ3) is 5.02. The molecule has 1 fully saturated rings. The molecule has 2 rings (SSSR count). The zero-order chi connectivity index (χ0) is 14.4. The summed E-state index contributed by atoms with van der Waals surface area (Å²) in [6.45, 7) is 0.898. The predicted molar refractivity (Wildman–Crippen MR) is 80.7 cm³/mol. The van der Waals surface area contributed by atoms with Crippen LogP contribution in [0.3, 0.4) is 0 Å². The van der Waals surface area contributed by atoms with E-state index in [1.807, 2.05) is 0 Å². The minimum Gasteiger partial charge on any atom is -0.495 e. The normalized spacial score (nSPS) is 15.1. The Morgan fingerprint density at radius 2 is 2.00 bits per heavy atom. The molecule has 1 aromatic carbocycles. The van der Waals surface area contributed by atoms with Gasteiger partial charge in [-0.05, 0) is 44.4 Å². The highest BCUT2D eigenvalue weighted by molar-refractivity contribution is 7.92. The van der Waals surface area contributed by atoms with E-state index in [2.05, 4.69) is 10.0 Å². The number of sulfonamides is 1. The van der Waals surface area contributed by atoms with Gasteiger partial charge in [0.25, 0.3) is 0 Å². The number of benzene rings is 1. The van der Waals surface area contributed by atoms with Crippen molar-refractivity contribution < 1.29 is 13.2 Å². The van der Waals surface area contributed by atoms with Crippen molar-refractivity contribution in [3.05, 3.63) is 24.3 Å². The topological polar surface area (TPSA) is 67.4 Å². The van der Waals surface area contributed by atoms with E-state index in [1.54, 1.807) is 24.3 Å². The summed E-state index contributed by atoms with van der Waals surface area (Å²) in [4.78, 5) is 0. The fourth-order valence-electron chi connectivity index (χ4n) is 1.96. The van der Waals surface area contributed by atoms with Gasteiger partial charge in [0.2, 0.25) is 10.0 Å². The van der Waals surface area contributed by atoms with Gasteiger partial charge in [0.1, 0.15) is 5.75 Å². The molecular weight excluding hydrogens is 276 g/mol. The highest BCUT2D eigenvalue weighted by Crippen LogP contribution is 2.24. The van der Waals surface area contributed by atoms with Crippen LogP contribution in [0.2, 0.25) is 0 Å². The molecule has 0 amide bonds. The van der Waals surface area contributed by atoms with Gasteiger partial charge in [0.05, 0.1) is 18.6 Å². The van der Waals surface area contributed by atoms with E-state index in [1.165, 1.54) is 20.0 Å². The molecule has 2 N–H and O–H groups in total. The van der Waals surface area contributed by atoms with Crippen LogP contribution in [0.5, 0.6) is 5.75 Å². The van der Waals surface area contributed by atoms with Crippen LogP contribution in [0, 0.1) is 0 Å². The van der Waals surface area contributed by atoms with E-state index >= 15 is 0 Å². The number of anilines is 1. The van der Waals surface area contributed by atoms with E-state index < -0.39 is 10.0 Å². The SMILES string of the molecule is COc1ccccc1NS(=O)(=O)CCCCNC1CC1. The third-order valence-corrected chi connectivity index (χ3v) is 4.58. The van der Waals surface area contributed by atoms with Gasteiger partial charge in [-0.15, -0.1) is 0 Å². The second-order valence-electron chi connectivity index (χ2n) is 5.06. The number of hydrogen-bond acceptors (Lipinski definition) is 4. The van der Waals surface area contributed by atoms with E-state index in [0.29, 0.717) is 23.9 Å². The third-order valence-electron chi connectivity index (χ3n) is 3.22. The zero-order valence-corrected chi connectivity index (χ0v) is 12.6. The highest BCUT2D eigenvalue weighted by Gasteiger charge is 2.19. The Morgan fingerprint density at radius 3 is 2.70 bits per heavy atom. The lowest BCUT2D eigenvalue weighted by atomic mass is 10.3. The number of hydrogen-bond donors (Lipinski definition) is 2. The molecule has 1 aliphatic carbocycles. The first-order valence-corrected chi connectivity index (χ1v) is 8.63. The fraction of sp³-hybridized carbons (Fsp3) is 0.571. The van der Waals surface area contributed by atoms with Crippen LogP contribution in [-0.2, 0) is 10.0 Å². The van der Waals surface area contributed by atoms with Gasteiger partial charge < -0.3 is 10.1 Å². The van der Waals surface area contributed by atoms with Gasteiger partial charge in [-0.25, -0.2) is 8.42 Å². The fourth-order valence-corrected chi connectivity index (χ4v) is 3.15. The molecule has 112 valence electrons. The Labute approximate surface area is 120 Å². The molecule has 0 atom stereocenters. The number of ether oxygens (including phenoxy) is 1. The first kappa shape index (κ1) is 15.1. The Morgan fingerprint density at radius 1 is 1.25 bits per heavy atom. The van der Waals surface area contributed by atoms with Crippen LogP contribution in [0.4, 0.5) is 5.69 Å². The van der Waals surface area contributed by atoms with Crippen molar-refractivity contribution in [2.75, 3.05) is 24.1 Å². The summed E-state index contributed by atoms with van der Waals surface area (Å²) in [7, 11) is -1.79. The van der Waals surface area contributed by atoms with Crippen molar-refractivity contribution in [2.24, 2.45) is 0 Å². The molecular formula is C14H22N2O3S. The van der Waals surface area contributed by atoms with Crippen molar-refractivity contribution in [1.29, 1.82) is 0 Å². The molecule has 5 nitrogen and oxygen atoms in total. The lowest BCUT2D eigenvalue weighted by Gasteiger charge is -2.11. The smallest absolute Gasteiger partial charge is 0.232 e. The molecule has 0 bridgehead atoms. The number of para-hydroxylation sites is 2. The summed E-state index contributed by atoms with van der Waals surface area (Å²) in [5, 5.41) is 3.38. The number of unbranched alkanes of at least 4 members (excludes halogenated alkanes) is 1. The molecule has 1 aromatic rings. The first-order chi connectivity index (χ1) is 9.61. The van der Waals surface area contributed by atoms with Crippen molar-refractivity contribution in [2.45, 2.75) is 31.7 Å². The molecule has 0 radical (unpaired) electrons. The molecule has 0 spiro atoms. The van der Waals surface area contributed by atoms with Gasteiger partial charge in [-0.3, -0.25) is 4.72 Å². The Kier molecular flexibility index (Phi) is 5.25. The maximum atomic E-state index is 12.0. The minimum atomic E-state index is -3.31. The van der Waals surface area contributed by atoms with Crippen molar-refractivity contribution >= 4 is 15.7 Å². The summed E-state index contributed by atoms with van der Waals surface area (Å²) in [6.07, 6.45) is 4.05. The molecule has 0 aromatic heterocycles. The molecule has 0 heterocycles. The summed E-state index contributed by atoms with van der Waals surface area (Å²) in [5.74, 6) is 0.670. The largest absolute Gasteiger partial charge is 0.495 e. The van der Waals surface area contributed by atoms with Gasteiger partial charge in [0.15, 0.2) is 0 Å². The van der Waals surface area contributed by atoms with Crippen LogP contribution in [-0.4, -0.2) is 33.9 Å². The Bertz CT molecular complexity index is 527. The maximum absolute atomic E-state index is 12.0. The Balaban J connectivity index is 1.77. The van der Waals surface area contributed by atoms with Crippen molar-refractivity contribution in [1.82, 2.24) is 5.32 Å². The lowest BCUT2D eigenvalue weighted by molar-refractivity contribution is 0.417. The van der Waals surface area contributed by atoms with E-state index in [-0.39, 0.29) is 5.75 Å². The molecule has 1 saturated carbocycles. The zero-order valence-electron chi connectivity index (χ0n) is 11.8. The van der Waals surface area contributed by atoms with E-state index in [9.17, 15) is 8.42 Å². The molecule has 0 aliphatic heterocycles. The number of methoxy groups -OCH3 is 1. The second kappa shape index (κ2) is 6.95. The molecule has 0 unspecified atom stereocenters.